The predicted octanol–water partition coefficient (Wildman–Crippen LogP) is 1.16. The van der Waals surface area contributed by atoms with Crippen LogP contribution in [0.3, 0.4) is 0 Å². The molecule has 2 rings (SSSR count). The fraction of sp³-hybridized carbons (Fsp3) is 0.538. The van der Waals surface area contributed by atoms with Gasteiger partial charge in [0.15, 0.2) is 0 Å². The van der Waals surface area contributed by atoms with Gasteiger partial charge in [-0.15, -0.1) is 0 Å². The van der Waals surface area contributed by atoms with E-state index in [-0.39, 0.29) is 0 Å². The van der Waals surface area contributed by atoms with Crippen LogP contribution in [0.4, 0.5) is 5.69 Å². The van der Waals surface area contributed by atoms with Gasteiger partial charge in [0.25, 0.3) is 0 Å². The van der Waals surface area contributed by atoms with Gasteiger partial charge in [0.05, 0.1) is 0 Å². The third-order valence-corrected chi connectivity index (χ3v) is 3.04. The molecule has 0 unspecified atom stereocenters. The number of hydrogen-bond acceptors (Lipinski definition) is 3. The van der Waals surface area contributed by atoms with Crippen molar-refractivity contribution in [3.63, 3.8) is 0 Å². The van der Waals surface area contributed by atoms with Crippen LogP contribution in [0.2, 0.25) is 0 Å². The molecule has 0 radical (unpaired) electrons. The largest absolute Gasteiger partial charge is 0.378 e. The molecule has 0 saturated carbocycles. The first-order valence-corrected chi connectivity index (χ1v) is 5.95. The molecular weight excluding hydrogens is 198 g/mol. The molecule has 1 heterocycles. The lowest BCUT2D eigenvalue weighted by Gasteiger charge is -2.27. The number of nitrogens with zero attached hydrogens (tertiary/aromatic N) is 2. The van der Waals surface area contributed by atoms with Crippen molar-refractivity contribution in [3.05, 3.63) is 29.8 Å². The number of nitrogens with one attached hydrogen (secondary N) is 1. The molecule has 1 aromatic rings. The molecule has 88 valence electrons. The second-order valence-corrected chi connectivity index (χ2v) is 4.59. The van der Waals surface area contributed by atoms with Gasteiger partial charge >= 0.3 is 0 Å². The minimum Gasteiger partial charge on any atom is -0.378 e. The van der Waals surface area contributed by atoms with Gasteiger partial charge in [0.1, 0.15) is 0 Å². The first-order chi connectivity index (χ1) is 7.75. The minimum atomic E-state index is 1.07. The fourth-order valence-electron chi connectivity index (χ4n) is 2.06. The van der Waals surface area contributed by atoms with Crippen molar-refractivity contribution < 1.29 is 0 Å². The van der Waals surface area contributed by atoms with E-state index in [0.717, 1.165) is 32.7 Å². The summed E-state index contributed by atoms with van der Waals surface area (Å²) in [5.74, 6) is 0. The predicted molar refractivity (Wildman–Crippen MR) is 68.9 cm³/mol. The van der Waals surface area contributed by atoms with Gasteiger partial charge < -0.3 is 10.2 Å². The molecule has 0 amide bonds. The zero-order chi connectivity index (χ0) is 11.4. The van der Waals surface area contributed by atoms with Gasteiger partial charge in [-0.1, -0.05) is 12.1 Å². The second kappa shape index (κ2) is 5.32. The van der Waals surface area contributed by atoms with Gasteiger partial charge in [-0.3, -0.25) is 4.90 Å². The molecular formula is C13H21N3. The molecule has 0 spiro atoms. The van der Waals surface area contributed by atoms with Gasteiger partial charge in [-0.25, -0.2) is 0 Å². The molecule has 3 nitrogen and oxygen atoms in total. The van der Waals surface area contributed by atoms with Crippen LogP contribution in [-0.2, 0) is 6.54 Å². The quantitative estimate of drug-likeness (QED) is 0.823. The zero-order valence-electron chi connectivity index (χ0n) is 10.2. The van der Waals surface area contributed by atoms with Crippen LogP contribution in [0.5, 0.6) is 0 Å². The van der Waals surface area contributed by atoms with E-state index in [4.69, 9.17) is 0 Å². The summed E-state index contributed by atoms with van der Waals surface area (Å²) in [6, 6.07) is 8.80. The number of benzene rings is 1. The summed E-state index contributed by atoms with van der Waals surface area (Å²) in [5.41, 5.74) is 2.70. The van der Waals surface area contributed by atoms with Crippen molar-refractivity contribution in [2.45, 2.75) is 6.54 Å². The summed E-state index contributed by atoms with van der Waals surface area (Å²) >= 11 is 0. The third kappa shape index (κ3) is 2.97. The van der Waals surface area contributed by atoms with Crippen LogP contribution in [0.1, 0.15) is 5.56 Å². The van der Waals surface area contributed by atoms with E-state index in [9.17, 15) is 0 Å². The standard InChI is InChI=1S/C13H21N3/c1-15(2)13-5-3-4-12(10-13)11-16-8-6-14-7-9-16/h3-5,10,14H,6-9,11H2,1-2H3. The third-order valence-electron chi connectivity index (χ3n) is 3.04. The Morgan fingerprint density at radius 2 is 2.00 bits per heavy atom. The monoisotopic (exact) mass is 219 g/mol. The maximum atomic E-state index is 3.38. The van der Waals surface area contributed by atoms with E-state index in [1.807, 2.05) is 0 Å². The van der Waals surface area contributed by atoms with E-state index in [1.54, 1.807) is 0 Å². The van der Waals surface area contributed by atoms with Crippen molar-refractivity contribution >= 4 is 5.69 Å². The summed E-state index contributed by atoms with van der Waals surface area (Å²) in [7, 11) is 4.17. The lowest BCUT2D eigenvalue weighted by atomic mass is 10.1. The van der Waals surface area contributed by atoms with Crippen LogP contribution in [0.15, 0.2) is 24.3 Å². The highest BCUT2D eigenvalue weighted by Crippen LogP contribution is 2.15. The van der Waals surface area contributed by atoms with Crippen LogP contribution in [-0.4, -0.2) is 45.2 Å². The first-order valence-electron chi connectivity index (χ1n) is 5.95. The van der Waals surface area contributed by atoms with Crippen molar-refractivity contribution in [2.24, 2.45) is 0 Å². The molecule has 0 bridgehead atoms. The minimum absolute atomic E-state index is 1.07. The Morgan fingerprint density at radius 1 is 1.25 bits per heavy atom. The number of hydrogen-bond donors (Lipinski definition) is 1. The van der Waals surface area contributed by atoms with E-state index in [1.165, 1.54) is 11.3 Å². The Kier molecular flexibility index (Phi) is 3.80. The summed E-state index contributed by atoms with van der Waals surface area (Å²) in [6.07, 6.45) is 0. The highest BCUT2D eigenvalue weighted by Gasteiger charge is 2.09. The highest BCUT2D eigenvalue weighted by atomic mass is 15.2. The van der Waals surface area contributed by atoms with E-state index < -0.39 is 0 Å². The topological polar surface area (TPSA) is 18.5 Å². The van der Waals surface area contributed by atoms with Crippen molar-refractivity contribution in [3.8, 4) is 0 Å². The smallest absolute Gasteiger partial charge is 0.0364 e. The van der Waals surface area contributed by atoms with Crippen LogP contribution in [0.25, 0.3) is 0 Å². The maximum Gasteiger partial charge on any atom is 0.0364 e. The molecule has 1 aromatic carbocycles. The van der Waals surface area contributed by atoms with Crippen molar-refractivity contribution in [1.29, 1.82) is 0 Å². The number of piperazine rings is 1. The van der Waals surface area contributed by atoms with Crippen LogP contribution in [0, 0.1) is 0 Å². The van der Waals surface area contributed by atoms with Crippen molar-refractivity contribution in [1.82, 2.24) is 10.2 Å². The van der Waals surface area contributed by atoms with Crippen LogP contribution >= 0.6 is 0 Å². The second-order valence-electron chi connectivity index (χ2n) is 4.59. The van der Waals surface area contributed by atoms with Crippen LogP contribution < -0.4 is 10.2 Å². The summed E-state index contributed by atoms with van der Waals surface area (Å²) in [6.45, 7) is 5.63. The molecule has 3 heteroatoms. The number of rotatable bonds is 3. The molecule has 0 atom stereocenters. The Balaban J connectivity index is 2.00. The summed E-state index contributed by atoms with van der Waals surface area (Å²) < 4.78 is 0. The lowest BCUT2D eigenvalue weighted by Crippen LogP contribution is -2.42. The Morgan fingerprint density at radius 3 is 2.69 bits per heavy atom. The lowest BCUT2D eigenvalue weighted by molar-refractivity contribution is 0.233. The molecule has 0 aromatic heterocycles. The van der Waals surface area contributed by atoms with E-state index in [2.05, 4.69) is 53.5 Å². The molecule has 1 aliphatic heterocycles. The van der Waals surface area contributed by atoms with Gasteiger partial charge in [-0.2, -0.15) is 0 Å². The Labute approximate surface area is 98.0 Å². The SMILES string of the molecule is CN(C)c1cccc(CN2CCNCC2)c1. The molecule has 1 N–H and O–H groups in total. The average molecular weight is 219 g/mol. The normalized spacial score (nSPS) is 17.4. The summed E-state index contributed by atoms with van der Waals surface area (Å²) in [4.78, 5) is 4.66. The summed E-state index contributed by atoms with van der Waals surface area (Å²) in [5, 5.41) is 3.38. The van der Waals surface area contributed by atoms with Gasteiger partial charge in [-0.05, 0) is 17.7 Å². The van der Waals surface area contributed by atoms with Crippen molar-refractivity contribution in [2.75, 3.05) is 45.2 Å². The fourth-order valence-corrected chi connectivity index (χ4v) is 2.06. The Bertz CT molecular complexity index is 330. The molecule has 1 fully saturated rings. The van der Waals surface area contributed by atoms with E-state index >= 15 is 0 Å². The maximum absolute atomic E-state index is 3.38. The molecule has 16 heavy (non-hydrogen) atoms. The zero-order valence-corrected chi connectivity index (χ0v) is 10.2. The van der Waals surface area contributed by atoms with Gasteiger partial charge in [0, 0.05) is 52.5 Å². The molecule has 1 aliphatic rings. The average Bonchev–Trinajstić information content (AvgIpc) is 2.30. The van der Waals surface area contributed by atoms with Gasteiger partial charge in [0.2, 0.25) is 0 Å². The Hall–Kier alpha value is -1.06. The molecule has 1 saturated heterocycles. The van der Waals surface area contributed by atoms with E-state index in [0.29, 0.717) is 0 Å². The molecule has 0 aliphatic carbocycles. The highest BCUT2D eigenvalue weighted by molar-refractivity contribution is 5.47. The first kappa shape index (κ1) is 11.4. The number of anilines is 1.